The van der Waals surface area contributed by atoms with Crippen LogP contribution in [-0.4, -0.2) is 85.1 Å². The van der Waals surface area contributed by atoms with Crippen LogP contribution in [0.25, 0.3) is 0 Å². The summed E-state index contributed by atoms with van der Waals surface area (Å²) >= 11 is 0. The number of aromatic nitrogens is 2. The van der Waals surface area contributed by atoms with Crippen molar-refractivity contribution in [3.05, 3.63) is 47.8 Å². The molecule has 31 heavy (non-hydrogen) atoms. The normalized spacial score (nSPS) is 20.3. The van der Waals surface area contributed by atoms with Crippen LogP contribution >= 0.6 is 0 Å². The predicted octanol–water partition coefficient (Wildman–Crippen LogP) is 1.70. The second-order valence-corrected chi connectivity index (χ2v) is 8.23. The first-order valence-corrected chi connectivity index (χ1v) is 11.2. The van der Waals surface area contributed by atoms with Gasteiger partial charge in [0.15, 0.2) is 5.96 Å². The largest absolute Gasteiger partial charge is 0.492 e. The van der Waals surface area contributed by atoms with Gasteiger partial charge in [-0.1, -0.05) is 12.1 Å². The van der Waals surface area contributed by atoms with E-state index in [1.807, 2.05) is 31.0 Å². The molecule has 0 bridgehead atoms. The Morgan fingerprint density at radius 1 is 1.29 bits per heavy atom. The molecule has 3 heterocycles. The van der Waals surface area contributed by atoms with Crippen LogP contribution in [0.5, 0.6) is 5.75 Å². The summed E-state index contributed by atoms with van der Waals surface area (Å²) in [5.74, 6) is 2.38. The van der Waals surface area contributed by atoms with Crippen molar-refractivity contribution in [3.63, 3.8) is 0 Å². The maximum Gasteiger partial charge on any atom is 0.193 e. The summed E-state index contributed by atoms with van der Waals surface area (Å²) in [7, 11) is 3.82. The Kier molecular flexibility index (Phi) is 7.43. The average Bonchev–Trinajstić information content (AvgIpc) is 3.45. The van der Waals surface area contributed by atoms with Gasteiger partial charge in [0.05, 0.1) is 19.4 Å². The molecule has 0 amide bonds. The molecule has 2 fully saturated rings. The lowest BCUT2D eigenvalue weighted by Crippen LogP contribution is -2.39. The van der Waals surface area contributed by atoms with Crippen molar-refractivity contribution in [2.45, 2.75) is 18.9 Å². The van der Waals surface area contributed by atoms with E-state index in [-0.39, 0.29) is 0 Å². The van der Waals surface area contributed by atoms with Crippen LogP contribution in [0.1, 0.15) is 23.5 Å². The number of nitrogens with zero attached hydrogens (tertiary/aromatic N) is 5. The van der Waals surface area contributed by atoms with E-state index < -0.39 is 0 Å². The summed E-state index contributed by atoms with van der Waals surface area (Å²) in [4.78, 5) is 9.22. The summed E-state index contributed by atoms with van der Waals surface area (Å²) in [5.41, 5.74) is 2.50. The lowest BCUT2D eigenvalue weighted by molar-refractivity contribution is 0.0322. The van der Waals surface area contributed by atoms with Gasteiger partial charge >= 0.3 is 0 Å². The number of benzene rings is 1. The number of morpholine rings is 1. The van der Waals surface area contributed by atoms with Crippen molar-refractivity contribution in [3.8, 4) is 5.75 Å². The summed E-state index contributed by atoms with van der Waals surface area (Å²) in [6, 6.07) is 8.31. The maximum absolute atomic E-state index is 5.99. The Morgan fingerprint density at radius 2 is 2.16 bits per heavy atom. The first-order chi connectivity index (χ1) is 15.2. The van der Waals surface area contributed by atoms with Crippen molar-refractivity contribution < 1.29 is 9.47 Å². The molecule has 1 N–H and O–H groups in total. The molecule has 0 spiro atoms. The molecule has 2 aliphatic heterocycles. The van der Waals surface area contributed by atoms with Crippen molar-refractivity contribution in [1.82, 2.24) is 24.9 Å². The van der Waals surface area contributed by atoms with Gasteiger partial charge in [-0.3, -0.25) is 14.6 Å². The third-order valence-corrected chi connectivity index (χ3v) is 6.02. The zero-order chi connectivity index (χ0) is 21.5. The first-order valence-electron chi connectivity index (χ1n) is 11.2. The molecule has 168 valence electrons. The minimum Gasteiger partial charge on any atom is -0.492 e. The molecule has 0 saturated carbocycles. The number of rotatable bonds is 7. The number of guanidine groups is 1. The number of likely N-dealkylation sites (tertiary alicyclic amines) is 1. The average molecular weight is 427 g/mol. The Labute approximate surface area is 184 Å². The Hall–Kier alpha value is -2.58. The van der Waals surface area contributed by atoms with Crippen molar-refractivity contribution in [2.75, 3.05) is 59.6 Å². The maximum atomic E-state index is 5.99. The third kappa shape index (κ3) is 5.98. The zero-order valence-corrected chi connectivity index (χ0v) is 18.7. The number of ether oxygens (including phenoxy) is 2. The zero-order valence-electron chi connectivity index (χ0n) is 18.7. The Bertz CT molecular complexity index is 861. The minimum absolute atomic E-state index is 0.510. The van der Waals surface area contributed by atoms with Gasteiger partial charge in [0.2, 0.25) is 0 Å². The van der Waals surface area contributed by atoms with Crippen LogP contribution in [0.15, 0.2) is 41.7 Å². The number of aliphatic imine (C=N–C) groups is 1. The molecule has 0 radical (unpaired) electrons. The lowest BCUT2D eigenvalue weighted by atomic mass is 10.0. The minimum atomic E-state index is 0.510. The first kappa shape index (κ1) is 21.6. The van der Waals surface area contributed by atoms with Crippen molar-refractivity contribution in [2.24, 2.45) is 12.0 Å². The Balaban J connectivity index is 1.24. The van der Waals surface area contributed by atoms with E-state index in [1.54, 1.807) is 0 Å². The topological polar surface area (TPSA) is 67.2 Å². The van der Waals surface area contributed by atoms with Crippen LogP contribution in [0.4, 0.5) is 0 Å². The van der Waals surface area contributed by atoms with Gasteiger partial charge in [0, 0.05) is 65.5 Å². The van der Waals surface area contributed by atoms with Crippen LogP contribution in [0, 0.1) is 0 Å². The molecule has 1 aromatic carbocycles. The van der Waals surface area contributed by atoms with Crippen LogP contribution in [-0.2, 0) is 18.3 Å². The fraction of sp³-hybridized carbons (Fsp3) is 0.565. The van der Waals surface area contributed by atoms with E-state index in [0.717, 1.165) is 70.6 Å². The van der Waals surface area contributed by atoms with Gasteiger partial charge in [-0.25, -0.2) is 0 Å². The highest BCUT2D eigenvalue weighted by atomic mass is 16.5. The number of hydrogen-bond donors (Lipinski definition) is 1. The molecule has 2 aliphatic rings. The number of aryl methyl sites for hydroxylation is 1. The second-order valence-electron chi connectivity index (χ2n) is 8.23. The smallest absolute Gasteiger partial charge is 0.193 e. The highest BCUT2D eigenvalue weighted by molar-refractivity contribution is 5.80. The fourth-order valence-electron chi connectivity index (χ4n) is 4.25. The van der Waals surface area contributed by atoms with Gasteiger partial charge < -0.3 is 19.7 Å². The van der Waals surface area contributed by atoms with E-state index in [1.165, 1.54) is 11.1 Å². The fourth-order valence-corrected chi connectivity index (χ4v) is 4.25. The summed E-state index contributed by atoms with van der Waals surface area (Å²) in [5, 5.41) is 7.83. The SMILES string of the molecule is CN=C(NCc1cccc(OCCN2CCOCC2)c1)N1CCC(c2cnn(C)c2)C1. The monoisotopic (exact) mass is 426 g/mol. The molecular weight excluding hydrogens is 392 g/mol. The molecule has 2 aromatic rings. The Morgan fingerprint density at radius 3 is 2.94 bits per heavy atom. The molecule has 0 aliphatic carbocycles. The standard InChI is InChI=1S/C23H34N6O2/c1-24-23(29-7-6-20(18-29)21-16-26-27(2)17-21)25-15-19-4-3-5-22(14-19)31-13-10-28-8-11-30-12-9-28/h3-5,14,16-17,20H,6-13,15,18H2,1-2H3,(H,24,25). The molecule has 2 saturated heterocycles. The van der Waals surface area contributed by atoms with E-state index in [2.05, 4.69) is 49.6 Å². The van der Waals surface area contributed by atoms with Crippen LogP contribution < -0.4 is 10.1 Å². The third-order valence-electron chi connectivity index (χ3n) is 6.02. The van der Waals surface area contributed by atoms with Crippen molar-refractivity contribution >= 4 is 5.96 Å². The van der Waals surface area contributed by atoms with Crippen LogP contribution in [0.2, 0.25) is 0 Å². The molecule has 1 atom stereocenters. The summed E-state index contributed by atoms with van der Waals surface area (Å²) in [6.45, 7) is 7.95. The quantitative estimate of drug-likeness (QED) is 0.537. The second kappa shape index (κ2) is 10.6. The summed E-state index contributed by atoms with van der Waals surface area (Å²) < 4.78 is 13.3. The van der Waals surface area contributed by atoms with E-state index in [0.29, 0.717) is 12.5 Å². The molecular formula is C23H34N6O2. The van der Waals surface area contributed by atoms with E-state index in [4.69, 9.17) is 9.47 Å². The van der Waals surface area contributed by atoms with E-state index in [9.17, 15) is 0 Å². The van der Waals surface area contributed by atoms with Gasteiger partial charge in [-0.05, 0) is 29.7 Å². The van der Waals surface area contributed by atoms with Crippen molar-refractivity contribution in [1.29, 1.82) is 0 Å². The lowest BCUT2D eigenvalue weighted by Gasteiger charge is -2.26. The molecule has 8 nitrogen and oxygen atoms in total. The van der Waals surface area contributed by atoms with Gasteiger partial charge in [-0.15, -0.1) is 0 Å². The molecule has 1 aromatic heterocycles. The molecule has 8 heteroatoms. The summed E-state index contributed by atoms with van der Waals surface area (Å²) in [6.07, 6.45) is 5.22. The predicted molar refractivity (Wildman–Crippen MR) is 122 cm³/mol. The van der Waals surface area contributed by atoms with Gasteiger partial charge in [0.1, 0.15) is 12.4 Å². The van der Waals surface area contributed by atoms with Crippen LogP contribution in [0.3, 0.4) is 0 Å². The highest BCUT2D eigenvalue weighted by Gasteiger charge is 2.26. The van der Waals surface area contributed by atoms with Gasteiger partial charge in [0.25, 0.3) is 0 Å². The molecule has 4 rings (SSSR count). The highest BCUT2D eigenvalue weighted by Crippen LogP contribution is 2.26. The van der Waals surface area contributed by atoms with Gasteiger partial charge in [-0.2, -0.15) is 5.10 Å². The van der Waals surface area contributed by atoms with E-state index >= 15 is 0 Å². The molecule has 1 unspecified atom stereocenters. The number of nitrogens with one attached hydrogen (secondary N) is 1. The number of hydrogen-bond acceptors (Lipinski definition) is 5.